The van der Waals surface area contributed by atoms with Gasteiger partial charge in [0.1, 0.15) is 11.0 Å². The number of carbonyl (C=O) groups is 4. The molecule has 4 aliphatic heterocycles. The number of ether oxygens (including phenoxy) is 2. The molecule has 6 heterocycles. The van der Waals surface area contributed by atoms with E-state index in [2.05, 4.69) is 44.7 Å². The molecule has 306 valence electrons. The molecule has 0 bridgehead atoms. The average Bonchev–Trinajstić information content (AvgIpc) is 4.01. The van der Waals surface area contributed by atoms with Gasteiger partial charge in [-0.15, -0.1) is 11.8 Å². The minimum Gasteiger partial charge on any atom is -0.378 e. The standard InChI is InChI=1S/C25H22Cl2N2O3S2.C19H20N2O3S/c26-18-3-6-22(20(27)13-18)34-23-21(30)14-25(28-24(23)31,17-7-12-33-15-17)16-1-4-19(5-2-16)29-8-10-32-11-9-29;22-17-11-18(23)20-19(12-17,15-5-10-25-13-15)14-1-3-16(4-2-14)21-6-8-24-9-7-21/h1-7,12-13,15,23H,8-11,14H2,(H,28,31);1-5,10,13H,6-9,11-12H2,(H,20,23). The van der Waals surface area contributed by atoms with Gasteiger partial charge >= 0.3 is 0 Å². The van der Waals surface area contributed by atoms with Crippen molar-refractivity contribution >= 4 is 92.4 Å². The highest BCUT2D eigenvalue weighted by atomic mass is 35.5. The van der Waals surface area contributed by atoms with Crippen LogP contribution in [0.15, 0.2) is 105 Å². The zero-order chi connectivity index (χ0) is 41.0. The molecule has 2 amide bonds. The second kappa shape index (κ2) is 18.2. The number of anilines is 2. The van der Waals surface area contributed by atoms with Crippen LogP contribution >= 0.6 is 57.6 Å². The number of halogens is 2. The number of hydrogen-bond donors (Lipinski definition) is 2. The molecular formula is C44H42Cl2N4O6S3. The first-order valence-electron chi connectivity index (χ1n) is 19.3. The number of carbonyl (C=O) groups excluding carboxylic acids is 4. The number of benzene rings is 3. The Bertz CT molecular complexity index is 2240. The SMILES string of the molecule is O=C1CC(=O)NC(c2ccc(N3CCOCC3)cc2)(c2ccsc2)C1.O=C1CC(c2ccc(N3CCOCC3)cc2)(c2ccsc2)NC(=O)C1Sc1ccc(Cl)cc1Cl. The number of Topliss-reactive ketones (excluding diaryl/α,β-unsaturated/α-hetero) is 2. The molecule has 0 aliphatic carbocycles. The highest BCUT2D eigenvalue weighted by molar-refractivity contribution is 8.01. The monoisotopic (exact) mass is 888 g/mol. The van der Waals surface area contributed by atoms with Gasteiger partial charge in [-0.2, -0.15) is 22.7 Å². The summed E-state index contributed by atoms with van der Waals surface area (Å²) in [6.07, 6.45) is 0.430. The van der Waals surface area contributed by atoms with Gasteiger partial charge in [0.15, 0.2) is 5.78 Å². The zero-order valence-corrected chi connectivity index (χ0v) is 36.0. The van der Waals surface area contributed by atoms with Crippen molar-refractivity contribution in [2.75, 3.05) is 62.4 Å². The van der Waals surface area contributed by atoms with Crippen LogP contribution in [-0.4, -0.2) is 81.2 Å². The summed E-state index contributed by atoms with van der Waals surface area (Å²) in [4.78, 5) is 56.3. The van der Waals surface area contributed by atoms with E-state index < -0.39 is 16.3 Å². The predicted molar refractivity (Wildman–Crippen MR) is 235 cm³/mol. The van der Waals surface area contributed by atoms with E-state index in [1.165, 1.54) is 0 Å². The van der Waals surface area contributed by atoms with E-state index in [0.717, 1.165) is 84.8 Å². The summed E-state index contributed by atoms with van der Waals surface area (Å²) in [5, 5.41) is 14.3. The molecule has 15 heteroatoms. The van der Waals surface area contributed by atoms with Crippen LogP contribution in [-0.2, 0) is 39.7 Å². The van der Waals surface area contributed by atoms with Gasteiger partial charge in [0.25, 0.3) is 0 Å². The fourth-order valence-electron chi connectivity index (χ4n) is 8.10. The van der Waals surface area contributed by atoms with Crippen molar-refractivity contribution in [3.63, 3.8) is 0 Å². The molecule has 0 radical (unpaired) electrons. The molecule has 3 unspecified atom stereocenters. The van der Waals surface area contributed by atoms with E-state index in [0.29, 0.717) is 34.6 Å². The Labute approximate surface area is 365 Å². The lowest BCUT2D eigenvalue weighted by Gasteiger charge is -2.40. The van der Waals surface area contributed by atoms with Crippen LogP contribution in [0.3, 0.4) is 0 Å². The van der Waals surface area contributed by atoms with Crippen LogP contribution in [0.25, 0.3) is 0 Å². The molecule has 2 N–H and O–H groups in total. The third kappa shape index (κ3) is 8.97. The van der Waals surface area contributed by atoms with Crippen molar-refractivity contribution < 1.29 is 28.7 Å². The van der Waals surface area contributed by atoms with Crippen LogP contribution in [0.4, 0.5) is 11.4 Å². The number of nitrogens with zero attached hydrogens (tertiary/aromatic N) is 2. The van der Waals surface area contributed by atoms with E-state index in [-0.39, 0.29) is 36.2 Å². The Balaban J connectivity index is 0.000000172. The van der Waals surface area contributed by atoms with Gasteiger partial charge < -0.3 is 29.9 Å². The van der Waals surface area contributed by atoms with Crippen molar-refractivity contribution in [2.45, 2.75) is 40.5 Å². The molecule has 10 nitrogen and oxygen atoms in total. The lowest BCUT2D eigenvalue weighted by Crippen LogP contribution is -2.57. The van der Waals surface area contributed by atoms with Gasteiger partial charge in [-0.05, 0) is 98.4 Å². The van der Waals surface area contributed by atoms with Gasteiger partial charge in [-0.1, -0.05) is 47.5 Å². The maximum absolute atomic E-state index is 13.4. The number of hydrogen-bond acceptors (Lipinski definition) is 11. The van der Waals surface area contributed by atoms with Crippen LogP contribution < -0.4 is 20.4 Å². The minimum atomic E-state index is -0.904. The summed E-state index contributed by atoms with van der Waals surface area (Å²) in [6.45, 7) is 6.35. The molecule has 4 saturated heterocycles. The molecule has 3 atom stereocenters. The van der Waals surface area contributed by atoms with Gasteiger partial charge in [-0.3, -0.25) is 19.2 Å². The van der Waals surface area contributed by atoms with Gasteiger partial charge in [-0.25, -0.2) is 0 Å². The van der Waals surface area contributed by atoms with Gasteiger partial charge in [0.05, 0.1) is 48.9 Å². The number of ketones is 2. The molecule has 2 aromatic heterocycles. The van der Waals surface area contributed by atoms with Crippen molar-refractivity contribution in [3.05, 3.63) is 133 Å². The molecule has 5 aromatic rings. The van der Waals surface area contributed by atoms with E-state index in [4.69, 9.17) is 32.7 Å². The minimum absolute atomic E-state index is 0.0211. The van der Waals surface area contributed by atoms with Crippen molar-refractivity contribution in [3.8, 4) is 0 Å². The summed E-state index contributed by atoms with van der Waals surface area (Å²) in [5.41, 5.74) is 4.30. The van der Waals surface area contributed by atoms with Crippen molar-refractivity contribution in [1.29, 1.82) is 0 Å². The van der Waals surface area contributed by atoms with Gasteiger partial charge in [0, 0.05) is 60.3 Å². The zero-order valence-electron chi connectivity index (χ0n) is 32.0. The third-order valence-corrected chi connectivity index (χ3v) is 14.5. The molecule has 4 aliphatic rings. The third-order valence-electron chi connectivity index (χ3n) is 11.1. The average molecular weight is 890 g/mol. The van der Waals surface area contributed by atoms with Crippen LogP contribution in [0, 0.1) is 0 Å². The van der Waals surface area contributed by atoms with E-state index >= 15 is 0 Å². The molecule has 9 rings (SSSR count). The number of rotatable bonds is 8. The highest BCUT2D eigenvalue weighted by Crippen LogP contribution is 2.43. The summed E-state index contributed by atoms with van der Waals surface area (Å²) >= 11 is 16.6. The fraction of sp³-hybridized carbons (Fsp3) is 0.318. The van der Waals surface area contributed by atoms with E-state index in [9.17, 15) is 19.2 Å². The maximum atomic E-state index is 13.4. The highest BCUT2D eigenvalue weighted by Gasteiger charge is 2.48. The van der Waals surface area contributed by atoms with Crippen molar-refractivity contribution in [1.82, 2.24) is 10.6 Å². The first kappa shape index (κ1) is 41.5. The Hall–Kier alpha value is -4.21. The number of morpholine rings is 2. The Morgan fingerprint density at radius 1 is 0.644 bits per heavy atom. The quantitative estimate of drug-likeness (QED) is 0.151. The summed E-state index contributed by atoms with van der Waals surface area (Å²) < 4.78 is 10.9. The molecule has 0 spiro atoms. The first-order chi connectivity index (χ1) is 28.6. The Morgan fingerprint density at radius 2 is 1.17 bits per heavy atom. The second-order valence-corrected chi connectivity index (χ2v) is 18.3. The first-order valence-corrected chi connectivity index (χ1v) is 22.9. The lowest BCUT2D eigenvalue weighted by molar-refractivity contribution is -0.135. The number of nitrogens with one attached hydrogen (secondary N) is 2. The largest absolute Gasteiger partial charge is 0.378 e. The summed E-state index contributed by atoms with van der Waals surface area (Å²) in [5.74, 6) is -0.689. The normalized spacial score (nSPS) is 23.6. The molecule has 0 saturated carbocycles. The fourth-order valence-corrected chi connectivity index (χ4v) is 11.1. The Kier molecular flexibility index (Phi) is 12.8. The maximum Gasteiger partial charge on any atom is 0.242 e. The lowest BCUT2D eigenvalue weighted by atomic mass is 9.77. The van der Waals surface area contributed by atoms with Crippen LogP contribution in [0.2, 0.25) is 10.0 Å². The number of thiophene rings is 2. The summed E-state index contributed by atoms with van der Waals surface area (Å²) in [7, 11) is 0. The Morgan fingerprint density at radius 3 is 1.63 bits per heavy atom. The van der Waals surface area contributed by atoms with Gasteiger partial charge in [0.2, 0.25) is 11.8 Å². The van der Waals surface area contributed by atoms with Crippen molar-refractivity contribution in [2.24, 2.45) is 0 Å². The van der Waals surface area contributed by atoms with Crippen LogP contribution in [0.1, 0.15) is 41.5 Å². The summed E-state index contributed by atoms with van der Waals surface area (Å²) in [6, 6.07) is 25.3. The second-order valence-electron chi connectivity index (χ2n) is 14.8. The molecule has 4 fully saturated rings. The molecule has 3 aromatic carbocycles. The molecule has 59 heavy (non-hydrogen) atoms. The van der Waals surface area contributed by atoms with E-state index in [1.54, 1.807) is 40.9 Å². The molecular weight excluding hydrogens is 848 g/mol. The predicted octanol–water partition coefficient (Wildman–Crippen LogP) is 7.69. The smallest absolute Gasteiger partial charge is 0.242 e. The number of amides is 2. The van der Waals surface area contributed by atoms with Crippen LogP contribution in [0.5, 0.6) is 0 Å². The number of piperidine rings is 2. The topological polar surface area (TPSA) is 117 Å². The number of thioether (sulfide) groups is 1. The van der Waals surface area contributed by atoms with E-state index in [1.807, 2.05) is 57.9 Å².